The van der Waals surface area contributed by atoms with Crippen LogP contribution in [0.3, 0.4) is 0 Å². The van der Waals surface area contributed by atoms with Crippen molar-refractivity contribution in [3.8, 4) is 22.8 Å². The van der Waals surface area contributed by atoms with Crippen LogP contribution in [0.4, 0.5) is 4.79 Å². The summed E-state index contributed by atoms with van der Waals surface area (Å²) in [5, 5.41) is 6.31. The summed E-state index contributed by atoms with van der Waals surface area (Å²) < 4.78 is 46.5. The minimum absolute atomic E-state index is 0.0298. The van der Waals surface area contributed by atoms with E-state index in [0.717, 1.165) is 16.9 Å². The van der Waals surface area contributed by atoms with E-state index in [-0.39, 0.29) is 28.6 Å². The second kappa shape index (κ2) is 17.0. The van der Waals surface area contributed by atoms with Crippen LogP contribution in [-0.2, 0) is 29.1 Å². The first kappa shape index (κ1) is 44.8. The van der Waals surface area contributed by atoms with E-state index < -0.39 is 74.5 Å². The van der Waals surface area contributed by atoms with E-state index in [1.54, 1.807) is 66.9 Å². The summed E-state index contributed by atoms with van der Waals surface area (Å²) in [7, 11) is -2.83. The first-order valence-corrected chi connectivity index (χ1v) is 22.5. The van der Waals surface area contributed by atoms with Crippen molar-refractivity contribution < 1.29 is 41.8 Å². The van der Waals surface area contributed by atoms with Gasteiger partial charge in [0.2, 0.25) is 11.8 Å². The molecule has 2 aromatic heterocycles. The zero-order chi connectivity index (χ0) is 43.9. The van der Waals surface area contributed by atoms with Gasteiger partial charge in [0.25, 0.3) is 15.9 Å². The lowest BCUT2D eigenvalue weighted by Gasteiger charge is -2.36. The highest BCUT2D eigenvalue weighted by Crippen LogP contribution is 2.46. The predicted octanol–water partition coefficient (Wildman–Crippen LogP) is 7.24. The third kappa shape index (κ3) is 9.74. The SMILES string of the molecule is C=CC1CC1(NC(=O)C1CC(Oc2cc(-c3ccccc3)nc3cc(OC)ccc23)CN1C(=O)C(NC(=O)OC(C)(C)C)C(C)(C)C)C(=O)NS(=O)(=O)c1cc(Cl)c(Br)s1. The quantitative estimate of drug-likeness (QED) is 0.123. The van der Waals surface area contributed by atoms with Crippen LogP contribution in [0.1, 0.15) is 54.4 Å². The Morgan fingerprint density at radius 1 is 1.07 bits per heavy atom. The molecule has 0 bridgehead atoms. The number of hydrogen-bond acceptors (Lipinski definition) is 11. The minimum atomic E-state index is -4.39. The van der Waals surface area contributed by atoms with Crippen molar-refractivity contribution in [2.75, 3.05) is 13.7 Å². The highest BCUT2D eigenvalue weighted by Gasteiger charge is 2.61. The first-order valence-electron chi connectivity index (χ1n) is 19.0. The molecule has 1 aliphatic heterocycles. The van der Waals surface area contributed by atoms with Crippen molar-refractivity contribution in [2.45, 2.75) is 87.9 Å². The van der Waals surface area contributed by atoms with Crippen molar-refractivity contribution in [3.63, 3.8) is 0 Å². The molecule has 4 amide bonds. The number of carbonyl (C=O) groups is 4. The Labute approximate surface area is 366 Å². The van der Waals surface area contributed by atoms with Gasteiger partial charge < -0.3 is 29.7 Å². The van der Waals surface area contributed by atoms with Crippen molar-refractivity contribution >= 4 is 83.6 Å². The first-order chi connectivity index (χ1) is 28.0. The molecule has 3 heterocycles. The largest absolute Gasteiger partial charge is 0.497 e. The maximum Gasteiger partial charge on any atom is 0.408 e. The number of thiophene rings is 1. The molecule has 2 aliphatic rings. The van der Waals surface area contributed by atoms with Gasteiger partial charge in [-0.3, -0.25) is 14.4 Å². The topological polar surface area (TPSA) is 182 Å². The number of nitrogens with zero attached hydrogens (tertiary/aromatic N) is 2. The number of rotatable bonds is 12. The molecule has 3 N–H and O–H groups in total. The molecule has 0 radical (unpaired) electrons. The highest BCUT2D eigenvalue weighted by molar-refractivity contribution is 9.11. The standard InChI is InChI=1S/C42H47BrClN5O9S2/c1-9-24-21-42(24,38(52)48-60(54,55)33-19-28(44)35(43)59-33)47-36(50)31-18-26(22-49(31)37(51)34(40(2,3)4)46-39(53)58-41(5,6)7)57-32-20-29(23-13-11-10-12-14-23)45-30-17-25(56-8)15-16-27(30)32/h9-17,19-20,24,26,31,34H,1,18,21-22H2,2-8H3,(H,46,53)(H,47,50)(H,48,52). The summed E-state index contributed by atoms with van der Waals surface area (Å²) in [6, 6.07) is 15.5. The lowest BCUT2D eigenvalue weighted by Crippen LogP contribution is -2.60. The molecule has 1 saturated carbocycles. The number of amides is 4. The van der Waals surface area contributed by atoms with Gasteiger partial charge in [0.1, 0.15) is 45.0 Å². The van der Waals surface area contributed by atoms with E-state index in [0.29, 0.717) is 31.9 Å². The van der Waals surface area contributed by atoms with Gasteiger partial charge >= 0.3 is 6.09 Å². The number of halogens is 2. The molecule has 2 fully saturated rings. The number of methoxy groups -OCH3 is 1. The van der Waals surface area contributed by atoms with Gasteiger partial charge in [0.15, 0.2) is 0 Å². The fourth-order valence-electron chi connectivity index (χ4n) is 7.01. The number of likely N-dealkylation sites (tertiary alicyclic amines) is 1. The number of ether oxygens (including phenoxy) is 3. The molecule has 60 heavy (non-hydrogen) atoms. The van der Waals surface area contributed by atoms with Crippen LogP contribution in [0.2, 0.25) is 5.02 Å². The van der Waals surface area contributed by atoms with E-state index in [1.807, 2.05) is 36.4 Å². The number of fused-ring (bicyclic) bond motifs is 1. The normalized spacial score (nSPS) is 20.8. The van der Waals surface area contributed by atoms with Crippen LogP contribution in [0.15, 0.2) is 81.3 Å². The van der Waals surface area contributed by atoms with Crippen LogP contribution < -0.4 is 24.8 Å². The summed E-state index contributed by atoms with van der Waals surface area (Å²) in [5.74, 6) is -1.90. The summed E-state index contributed by atoms with van der Waals surface area (Å²) in [4.78, 5) is 62.5. The molecule has 1 saturated heterocycles. The van der Waals surface area contributed by atoms with Gasteiger partial charge in [-0.2, -0.15) is 0 Å². The average molecular weight is 945 g/mol. The van der Waals surface area contributed by atoms with Gasteiger partial charge in [-0.05, 0) is 66.7 Å². The Balaban J connectivity index is 1.35. The Kier molecular flexibility index (Phi) is 12.7. The minimum Gasteiger partial charge on any atom is -0.497 e. The Hall–Kier alpha value is -4.71. The van der Waals surface area contributed by atoms with Gasteiger partial charge in [-0.1, -0.05) is 68.8 Å². The number of benzene rings is 2. The fourth-order valence-corrected chi connectivity index (χ4v) is 10.4. The molecule has 5 unspecified atom stereocenters. The number of aromatic nitrogens is 1. The maximum absolute atomic E-state index is 14.7. The van der Waals surface area contributed by atoms with Crippen molar-refractivity contribution in [3.05, 3.63) is 82.1 Å². The van der Waals surface area contributed by atoms with E-state index >= 15 is 0 Å². The van der Waals surface area contributed by atoms with Crippen LogP contribution in [-0.4, -0.2) is 85.1 Å². The van der Waals surface area contributed by atoms with E-state index in [9.17, 15) is 27.6 Å². The van der Waals surface area contributed by atoms with Crippen molar-refractivity contribution in [1.29, 1.82) is 0 Å². The summed E-state index contributed by atoms with van der Waals surface area (Å²) in [6.07, 6.45) is -0.109. The number of pyridine rings is 1. The Morgan fingerprint density at radius 3 is 2.35 bits per heavy atom. The van der Waals surface area contributed by atoms with Crippen molar-refractivity contribution in [2.24, 2.45) is 11.3 Å². The van der Waals surface area contributed by atoms with Gasteiger partial charge in [0.05, 0.1) is 33.7 Å². The number of nitrogens with one attached hydrogen (secondary N) is 3. The summed E-state index contributed by atoms with van der Waals surface area (Å²) in [6.45, 7) is 14.1. The van der Waals surface area contributed by atoms with Gasteiger partial charge in [-0.15, -0.1) is 17.9 Å². The average Bonchev–Trinajstić information content (AvgIpc) is 3.54. The molecule has 14 nitrogen and oxygen atoms in total. The van der Waals surface area contributed by atoms with Gasteiger partial charge in [0, 0.05) is 35.4 Å². The third-order valence-electron chi connectivity index (χ3n) is 10.1. The van der Waals surface area contributed by atoms with E-state index in [4.69, 9.17) is 30.8 Å². The summed E-state index contributed by atoms with van der Waals surface area (Å²) >= 11 is 10.1. The second-order valence-corrected chi connectivity index (χ2v) is 21.5. The molecule has 5 atom stereocenters. The van der Waals surface area contributed by atoms with Crippen LogP contribution in [0, 0.1) is 11.3 Å². The molecule has 320 valence electrons. The lowest BCUT2D eigenvalue weighted by molar-refractivity contribution is -0.143. The molecular formula is C42H47BrClN5O9S2. The molecule has 0 spiro atoms. The van der Waals surface area contributed by atoms with Crippen LogP contribution >= 0.6 is 38.9 Å². The number of sulfonamides is 1. The Morgan fingerprint density at radius 2 is 1.77 bits per heavy atom. The molecule has 2 aromatic carbocycles. The Bertz CT molecular complexity index is 2430. The lowest BCUT2D eigenvalue weighted by atomic mass is 9.85. The maximum atomic E-state index is 14.7. The predicted molar refractivity (Wildman–Crippen MR) is 232 cm³/mol. The number of hydrogen-bond donors (Lipinski definition) is 3. The molecule has 1 aliphatic carbocycles. The third-order valence-corrected chi connectivity index (χ3v) is 14.4. The number of carbonyl (C=O) groups excluding carboxylic acids is 4. The smallest absolute Gasteiger partial charge is 0.408 e. The summed E-state index contributed by atoms with van der Waals surface area (Å²) in [5.41, 5.74) is -1.38. The zero-order valence-electron chi connectivity index (χ0n) is 34.1. The van der Waals surface area contributed by atoms with Crippen LogP contribution in [0.5, 0.6) is 11.5 Å². The van der Waals surface area contributed by atoms with Crippen LogP contribution in [0.25, 0.3) is 22.2 Å². The number of alkyl carbamates (subject to hydrolysis) is 1. The monoisotopic (exact) mass is 943 g/mol. The molecule has 6 rings (SSSR count). The van der Waals surface area contributed by atoms with E-state index in [2.05, 4.69) is 37.9 Å². The van der Waals surface area contributed by atoms with E-state index in [1.165, 1.54) is 17.0 Å². The fraction of sp³-hybridized carbons (Fsp3) is 0.405. The molecular weight excluding hydrogens is 898 g/mol. The highest BCUT2D eigenvalue weighted by atomic mass is 79.9. The molecule has 4 aromatic rings. The van der Waals surface area contributed by atoms with Gasteiger partial charge in [-0.25, -0.2) is 22.9 Å². The second-order valence-electron chi connectivity index (χ2n) is 16.8. The molecule has 18 heteroatoms. The zero-order valence-corrected chi connectivity index (χ0v) is 38.1. The van der Waals surface area contributed by atoms with Crippen molar-refractivity contribution in [1.82, 2.24) is 25.2 Å².